The van der Waals surface area contributed by atoms with Crippen molar-refractivity contribution in [3.8, 4) is 0 Å². The fourth-order valence-electron chi connectivity index (χ4n) is 1.82. The quantitative estimate of drug-likeness (QED) is 0.528. The van der Waals surface area contributed by atoms with Crippen molar-refractivity contribution >= 4 is 11.8 Å². The van der Waals surface area contributed by atoms with Crippen LogP contribution in [0.5, 0.6) is 0 Å². The van der Waals surface area contributed by atoms with Gasteiger partial charge in [0.2, 0.25) is 11.8 Å². The minimum Gasteiger partial charge on any atom is -0.355 e. The highest BCUT2D eigenvalue weighted by Gasteiger charge is 2.38. The van der Waals surface area contributed by atoms with Gasteiger partial charge >= 0.3 is 0 Å². The Hall–Kier alpha value is -1.10. The maximum absolute atomic E-state index is 12.3. The molecule has 0 aliphatic rings. The number of carbonyl (C=O) groups is 2. The molecule has 0 saturated carbocycles. The second kappa shape index (κ2) is 8.15. The first kappa shape index (κ1) is 17.9. The Bertz CT molecular complexity index is 297. The summed E-state index contributed by atoms with van der Waals surface area (Å²) in [5, 5.41) is 2.85. The molecule has 0 aliphatic heterocycles. The molecule has 0 fully saturated rings. The van der Waals surface area contributed by atoms with Gasteiger partial charge in [-0.05, 0) is 54.8 Å². The lowest BCUT2D eigenvalue weighted by molar-refractivity contribution is -0.148. The Kier molecular flexibility index (Phi) is 7.68. The van der Waals surface area contributed by atoms with Crippen molar-refractivity contribution in [2.24, 2.45) is 5.41 Å². The zero-order valence-electron chi connectivity index (χ0n) is 13.2. The number of nitrogens with zero attached hydrogens (tertiary/aromatic N) is 2. The van der Waals surface area contributed by atoms with Crippen LogP contribution in [0, 0.1) is 5.41 Å². The van der Waals surface area contributed by atoms with Crippen molar-refractivity contribution < 1.29 is 9.59 Å². The third-order valence-corrected chi connectivity index (χ3v) is 3.22. The van der Waals surface area contributed by atoms with Crippen LogP contribution in [0.3, 0.4) is 0 Å². The van der Waals surface area contributed by atoms with Crippen LogP contribution in [0.25, 0.3) is 0 Å². The molecule has 0 bridgehead atoms. The lowest BCUT2D eigenvalue weighted by atomic mass is 9.90. The van der Waals surface area contributed by atoms with Crippen molar-refractivity contribution in [3.63, 3.8) is 0 Å². The molecular formula is C14H29N3O2. The van der Waals surface area contributed by atoms with E-state index < -0.39 is 5.41 Å². The van der Waals surface area contributed by atoms with Gasteiger partial charge in [-0.1, -0.05) is 0 Å². The molecule has 0 atom stereocenters. The van der Waals surface area contributed by atoms with Crippen LogP contribution in [0.1, 0.15) is 34.1 Å². The average Bonchev–Trinajstić information content (AvgIpc) is 2.35. The average molecular weight is 271 g/mol. The maximum atomic E-state index is 12.3. The van der Waals surface area contributed by atoms with E-state index >= 15 is 0 Å². The molecule has 5 nitrogen and oxygen atoms in total. The molecule has 0 aliphatic carbocycles. The number of hydrogen-bond acceptors (Lipinski definition) is 3. The van der Waals surface area contributed by atoms with Crippen LogP contribution >= 0.6 is 0 Å². The summed E-state index contributed by atoms with van der Waals surface area (Å²) in [4.78, 5) is 28.1. The zero-order chi connectivity index (χ0) is 15.1. The molecule has 0 aromatic carbocycles. The Morgan fingerprint density at radius 1 is 1.11 bits per heavy atom. The van der Waals surface area contributed by atoms with E-state index in [1.54, 1.807) is 18.7 Å². The first-order valence-electron chi connectivity index (χ1n) is 6.99. The number of nitrogens with one attached hydrogen (secondary N) is 1. The van der Waals surface area contributed by atoms with Gasteiger partial charge in [-0.15, -0.1) is 0 Å². The summed E-state index contributed by atoms with van der Waals surface area (Å²) in [5.74, 6) is -0.300. The van der Waals surface area contributed by atoms with Crippen molar-refractivity contribution in [2.75, 3.05) is 40.3 Å². The van der Waals surface area contributed by atoms with E-state index in [0.717, 1.165) is 13.0 Å². The van der Waals surface area contributed by atoms with Gasteiger partial charge in [0.05, 0.1) is 0 Å². The smallest absolute Gasteiger partial charge is 0.237 e. The van der Waals surface area contributed by atoms with Gasteiger partial charge in [-0.25, -0.2) is 0 Å². The molecule has 0 radical (unpaired) electrons. The first-order chi connectivity index (χ1) is 8.77. The van der Waals surface area contributed by atoms with Gasteiger partial charge < -0.3 is 15.1 Å². The van der Waals surface area contributed by atoms with E-state index in [0.29, 0.717) is 19.6 Å². The summed E-state index contributed by atoms with van der Waals surface area (Å²) in [6, 6.07) is 0. The SMILES string of the molecule is CCN(CC)C(=O)C(C)(C)C(=O)NCCCN(C)C. The van der Waals surface area contributed by atoms with E-state index in [4.69, 9.17) is 0 Å². The third kappa shape index (κ3) is 5.59. The molecule has 1 N–H and O–H groups in total. The minimum atomic E-state index is -0.996. The van der Waals surface area contributed by atoms with Gasteiger partial charge in [0.15, 0.2) is 0 Å². The molecule has 5 heteroatoms. The Labute approximate surface area is 117 Å². The van der Waals surface area contributed by atoms with Crippen LogP contribution in [0.15, 0.2) is 0 Å². The van der Waals surface area contributed by atoms with E-state index in [1.807, 2.05) is 27.9 Å². The van der Waals surface area contributed by atoms with E-state index in [1.165, 1.54) is 0 Å². The fraction of sp³-hybridized carbons (Fsp3) is 0.857. The van der Waals surface area contributed by atoms with Gasteiger partial charge in [-0.2, -0.15) is 0 Å². The van der Waals surface area contributed by atoms with Gasteiger partial charge in [-0.3, -0.25) is 9.59 Å². The third-order valence-electron chi connectivity index (χ3n) is 3.22. The molecular weight excluding hydrogens is 242 g/mol. The van der Waals surface area contributed by atoms with Crippen molar-refractivity contribution in [1.82, 2.24) is 15.1 Å². The Balaban J connectivity index is 4.38. The molecule has 0 rings (SSSR count). The van der Waals surface area contributed by atoms with E-state index in [2.05, 4.69) is 10.2 Å². The predicted octanol–water partition coefficient (Wildman–Crippen LogP) is 0.949. The van der Waals surface area contributed by atoms with Crippen molar-refractivity contribution in [3.05, 3.63) is 0 Å². The highest BCUT2D eigenvalue weighted by atomic mass is 16.2. The molecule has 0 aromatic rings. The summed E-state index contributed by atoms with van der Waals surface area (Å²) in [6.45, 7) is 10.0. The normalized spacial score (nSPS) is 11.5. The second-order valence-corrected chi connectivity index (χ2v) is 5.52. The van der Waals surface area contributed by atoms with Crippen molar-refractivity contribution in [1.29, 1.82) is 0 Å². The lowest BCUT2D eigenvalue weighted by Gasteiger charge is -2.29. The van der Waals surface area contributed by atoms with E-state index in [-0.39, 0.29) is 11.8 Å². The fourth-order valence-corrected chi connectivity index (χ4v) is 1.82. The first-order valence-corrected chi connectivity index (χ1v) is 6.99. The van der Waals surface area contributed by atoms with E-state index in [9.17, 15) is 9.59 Å². The van der Waals surface area contributed by atoms with Crippen LogP contribution in [0.4, 0.5) is 0 Å². The van der Waals surface area contributed by atoms with Crippen molar-refractivity contribution in [2.45, 2.75) is 34.1 Å². The zero-order valence-corrected chi connectivity index (χ0v) is 13.2. The molecule has 0 saturated heterocycles. The topological polar surface area (TPSA) is 52.7 Å². The van der Waals surface area contributed by atoms with Crippen LogP contribution in [-0.4, -0.2) is 61.9 Å². The molecule has 0 aromatic heterocycles. The van der Waals surface area contributed by atoms with Crippen LogP contribution < -0.4 is 5.32 Å². The largest absolute Gasteiger partial charge is 0.355 e. The monoisotopic (exact) mass is 271 g/mol. The predicted molar refractivity (Wildman–Crippen MR) is 77.9 cm³/mol. The maximum Gasteiger partial charge on any atom is 0.237 e. The lowest BCUT2D eigenvalue weighted by Crippen LogP contribution is -2.49. The Morgan fingerprint density at radius 2 is 1.63 bits per heavy atom. The van der Waals surface area contributed by atoms with Crippen LogP contribution in [-0.2, 0) is 9.59 Å². The molecule has 19 heavy (non-hydrogen) atoms. The standard InChI is InChI=1S/C14H29N3O2/c1-7-17(8-2)13(19)14(3,4)12(18)15-10-9-11-16(5)6/h7-11H2,1-6H3,(H,15,18). The summed E-state index contributed by atoms with van der Waals surface area (Å²) < 4.78 is 0. The molecule has 112 valence electrons. The molecule has 0 spiro atoms. The summed E-state index contributed by atoms with van der Waals surface area (Å²) in [7, 11) is 3.99. The van der Waals surface area contributed by atoms with Crippen LogP contribution in [0.2, 0.25) is 0 Å². The molecule has 0 heterocycles. The second-order valence-electron chi connectivity index (χ2n) is 5.52. The van der Waals surface area contributed by atoms with Gasteiger partial charge in [0, 0.05) is 19.6 Å². The summed E-state index contributed by atoms with van der Waals surface area (Å²) in [5.41, 5.74) is -0.996. The summed E-state index contributed by atoms with van der Waals surface area (Å²) >= 11 is 0. The molecule has 0 unspecified atom stereocenters. The summed E-state index contributed by atoms with van der Waals surface area (Å²) in [6.07, 6.45) is 0.883. The van der Waals surface area contributed by atoms with Gasteiger partial charge in [0.25, 0.3) is 0 Å². The Morgan fingerprint density at radius 3 is 2.05 bits per heavy atom. The number of hydrogen-bond donors (Lipinski definition) is 1. The minimum absolute atomic E-state index is 0.109. The number of carbonyl (C=O) groups excluding carboxylic acids is 2. The highest BCUT2D eigenvalue weighted by molar-refractivity contribution is 6.04. The number of amides is 2. The molecule has 2 amide bonds. The highest BCUT2D eigenvalue weighted by Crippen LogP contribution is 2.19. The number of rotatable bonds is 8. The van der Waals surface area contributed by atoms with Gasteiger partial charge in [0.1, 0.15) is 5.41 Å².